The third-order valence-electron chi connectivity index (χ3n) is 7.15. The molecule has 2 N–H and O–H groups in total. The SMILES string of the molecule is Cc1c(C2CCNCC2)sc2[nH]c(-c3cn4ncnc4c4c3CCC4)c(C(C)C)c12. The van der Waals surface area contributed by atoms with E-state index in [1.165, 1.54) is 63.0 Å². The molecular formula is C24H29N5S. The van der Waals surface area contributed by atoms with Gasteiger partial charge in [-0.2, -0.15) is 5.10 Å². The van der Waals surface area contributed by atoms with Crippen LogP contribution in [0.3, 0.4) is 0 Å². The van der Waals surface area contributed by atoms with E-state index in [0.29, 0.717) is 11.8 Å². The third kappa shape index (κ3) is 2.63. The van der Waals surface area contributed by atoms with Crippen LogP contribution < -0.4 is 5.32 Å². The van der Waals surface area contributed by atoms with Crippen molar-refractivity contribution < 1.29 is 0 Å². The summed E-state index contributed by atoms with van der Waals surface area (Å²) in [5.74, 6) is 1.17. The van der Waals surface area contributed by atoms with Crippen LogP contribution >= 0.6 is 11.3 Å². The molecule has 2 aliphatic rings. The first-order valence-electron chi connectivity index (χ1n) is 11.3. The van der Waals surface area contributed by atoms with Crippen molar-refractivity contribution in [1.82, 2.24) is 24.9 Å². The van der Waals surface area contributed by atoms with Crippen LogP contribution in [0.25, 0.3) is 27.1 Å². The van der Waals surface area contributed by atoms with E-state index < -0.39 is 0 Å². The Balaban J connectivity index is 1.58. The summed E-state index contributed by atoms with van der Waals surface area (Å²) in [5, 5.41) is 9.47. The maximum Gasteiger partial charge on any atom is 0.158 e. The number of nitrogens with zero attached hydrogens (tertiary/aromatic N) is 3. The molecule has 5 heterocycles. The van der Waals surface area contributed by atoms with Gasteiger partial charge in [-0.3, -0.25) is 0 Å². The molecule has 4 aromatic heterocycles. The zero-order chi connectivity index (χ0) is 20.4. The highest BCUT2D eigenvalue weighted by molar-refractivity contribution is 7.19. The Morgan fingerprint density at radius 2 is 1.97 bits per heavy atom. The zero-order valence-corrected chi connectivity index (χ0v) is 18.8. The number of aryl methyl sites for hydroxylation is 2. The average molecular weight is 420 g/mol. The monoisotopic (exact) mass is 419 g/mol. The third-order valence-corrected chi connectivity index (χ3v) is 8.52. The summed E-state index contributed by atoms with van der Waals surface area (Å²) >= 11 is 2.00. The molecule has 30 heavy (non-hydrogen) atoms. The van der Waals surface area contributed by atoms with Crippen LogP contribution in [0.5, 0.6) is 0 Å². The van der Waals surface area contributed by atoms with Crippen molar-refractivity contribution in [3.05, 3.63) is 39.7 Å². The van der Waals surface area contributed by atoms with Crippen LogP contribution in [-0.2, 0) is 12.8 Å². The molecule has 6 heteroatoms. The standard InChI is InChI=1S/C24H29N5S/c1-13(2)19-20-14(3)22(15-7-9-25-10-8-15)30-24(20)28-21(19)18-11-29-23(26-12-27-29)17-6-4-5-16(17)18/h11-13,15,25,28H,4-10H2,1-3H3. The van der Waals surface area contributed by atoms with Gasteiger partial charge in [-0.1, -0.05) is 13.8 Å². The smallest absolute Gasteiger partial charge is 0.158 e. The Morgan fingerprint density at radius 1 is 1.17 bits per heavy atom. The van der Waals surface area contributed by atoms with Gasteiger partial charge in [0.25, 0.3) is 0 Å². The van der Waals surface area contributed by atoms with Gasteiger partial charge >= 0.3 is 0 Å². The molecule has 1 saturated heterocycles. The largest absolute Gasteiger partial charge is 0.346 e. The van der Waals surface area contributed by atoms with Gasteiger partial charge in [-0.25, -0.2) is 9.50 Å². The molecule has 0 spiro atoms. The second-order valence-electron chi connectivity index (χ2n) is 9.27. The van der Waals surface area contributed by atoms with Gasteiger partial charge < -0.3 is 10.3 Å². The summed E-state index contributed by atoms with van der Waals surface area (Å²) in [4.78, 5) is 11.4. The first-order valence-corrected chi connectivity index (χ1v) is 12.1. The molecule has 6 rings (SSSR count). The van der Waals surface area contributed by atoms with E-state index in [1.807, 2.05) is 15.9 Å². The lowest BCUT2D eigenvalue weighted by Crippen LogP contribution is -2.26. The van der Waals surface area contributed by atoms with E-state index in [1.54, 1.807) is 11.2 Å². The number of pyridine rings is 1. The number of aromatic amines is 1. The van der Waals surface area contributed by atoms with Gasteiger partial charge in [0.15, 0.2) is 5.65 Å². The van der Waals surface area contributed by atoms with Gasteiger partial charge in [0.2, 0.25) is 0 Å². The molecule has 0 saturated carbocycles. The van der Waals surface area contributed by atoms with Crippen LogP contribution in [-0.4, -0.2) is 32.7 Å². The Kier molecular flexibility index (Phi) is 4.29. The fourth-order valence-corrected chi connectivity index (χ4v) is 7.17. The molecule has 0 radical (unpaired) electrons. The van der Waals surface area contributed by atoms with Gasteiger partial charge in [0.05, 0.1) is 5.69 Å². The summed E-state index contributed by atoms with van der Waals surface area (Å²) in [6, 6.07) is 0. The number of H-pyrrole nitrogens is 1. The molecule has 0 aromatic carbocycles. The normalized spacial score (nSPS) is 17.6. The molecule has 0 amide bonds. The molecule has 1 aliphatic carbocycles. The fraction of sp³-hybridized carbons (Fsp3) is 0.500. The number of aromatic nitrogens is 4. The van der Waals surface area contributed by atoms with Crippen molar-refractivity contribution in [2.24, 2.45) is 0 Å². The van der Waals surface area contributed by atoms with Crippen LogP contribution in [0.2, 0.25) is 0 Å². The molecule has 156 valence electrons. The van der Waals surface area contributed by atoms with E-state index in [0.717, 1.165) is 31.6 Å². The van der Waals surface area contributed by atoms with Gasteiger partial charge in [0, 0.05) is 27.6 Å². The Labute approximate surface area is 180 Å². The Hall–Kier alpha value is -2.18. The van der Waals surface area contributed by atoms with Crippen molar-refractivity contribution in [2.75, 3.05) is 13.1 Å². The highest BCUT2D eigenvalue weighted by Gasteiger charge is 2.28. The maximum atomic E-state index is 4.53. The summed E-state index contributed by atoms with van der Waals surface area (Å²) in [6.07, 6.45) is 9.85. The Morgan fingerprint density at radius 3 is 2.77 bits per heavy atom. The highest BCUT2D eigenvalue weighted by atomic mass is 32.1. The zero-order valence-electron chi connectivity index (χ0n) is 18.0. The van der Waals surface area contributed by atoms with Crippen LogP contribution in [0.15, 0.2) is 12.5 Å². The molecule has 0 atom stereocenters. The van der Waals surface area contributed by atoms with E-state index in [9.17, 15) is 0 Å². The minimum Gasteiger partial charge on any atom is -0.346 e. The number of rotatable bonds is 3. The number of fused-ring (bicyclic) bond motifs is 4. The number of nitrogens with one attached hydrogen (secondary N) is 2. The van der Waals surface area contributed by atoms with Crippen molar-refractivity contribution in [3.63, 3.8) is 0 Å². The van der Waals surface area contributed by atoms with Crippen LogP contribution in [0, 0.1) is 6.92 Å². The second-order valence-corrected chi connectivity index (χ2v) is 10.3. The predicted octanol–water partition coefficient (Wildman–Crippen LogP) is 5.33. The molecule has 5 nitrogen and oxygen atoms in total. The quantitative estimate of drug-likeness (QED) is 0.472. The van der Waals surface area contributed by atoms with E-state index >= 15 is 0 Å². The first kappa shape index (κ1) is 18.6. The summed E-state index contributed by atoms with van der Waals surface area (Å²) in [6.45, 7) is 9.30. The van der Waals surface area contributed by atoms with Gasteiger partial charge in [-0.15, -0.1) is 11.3 Å². The molecule has 4 aromatic rings. The minimum absolute atomic E-state index is 0.464. The lowest BCUT2D eigenvalue weighted by atomic mass is 9.90. The molecule has 1 fully saturated rings. The average Bonchev–Trinajstić information content (AvgIpc) is 3.51. The van der Waals surface area contributed by atoms with E-state index in [-0.39, 0.29) is 0 Å². The molecule has 1 aliphatic heterocycles. The highest BCUT2D eigenvalue weighted by Crippen LogP contribution is 2.46. The van der Waals surface area contributed by atoms with E-state index in [4.69, 9.17) is 0 Å². The van der Waals surface area contributed by atoms with Crippen molar-refractivity contribution in [1.29, 1.82) is 0 Å². The van der Waals surface area contributed by atoms with Crippen LogP contribution in [0.4, 0.5) is 0 Å². The van der Waals surface area contributed by atoms with Crippen molar-refractivity contribution in [3.8, 4) is 11.3 Å². The van der Waals surface area contributed by atoms with Gasteiger partial charge in [0.1, 0.15) is 11.2 Å². The summed E-state index contributed by atoms with van der Waals surface area (Å²) in [7, 11) is 0. The first-order chi connectivity index (χ1) is 14.6. The number of hydrogen-bond acceptors (Lipinski definition) is 4. The topological polar surface area (TPSA) is 58.0 Å². The summed E-state index contributed by atoms with van der Waals surface area (Å²) < 4.78 is 1.98. The number of thiophene rings is 1. The van der Waals surface area contributed by atoms with Crippen molar-refractivity contribution >= 4 is 27.2 Å². The molecular weight excluding hydrogens is 390 g/mol. The summed E-state index contributed by atoms with van der Waals surface area (Å²) in [5.41, 5.74) is 9.53. The molecule has 0 bridgehead atoms. The van der Waals surface area contributed by atoms with Gasteiger partial charge in [-0.05, 0) is 80.6 Å². The lowest BCUT2D eigenvalue weighted by Gasteiger charge is -2.22. The minimum atomic E-state index is 0.464. The molecule has 0 unspecified atom stereocenters. The lowest BCUT2D eigenvalue weighted by molar-refractivity contribution is 0.464. The number of hydrogen-bond donors (Lipinski definition) is 2. The van der Waals surface area contributed by atoms with E-state index in [2.05, 4.69) is 47.4 Å². The Bertz CT molecular complexity index is 1250. The number of piperidine rings is 1. The second kappa shape index (κ2) is 6.92. The maximum absolute atomic E-state index is 4.53. The van der Waals surface area contributed by atoms with Crippen LogP contribution in [0.1, 0.15) is 72.1 Å². The predicted molar refractivity (Wildman–Crippen MR) is 124 cm³/mol. The fourth-order valence-electron chi connectivity index (χ4n) is 5.78. The van der Waals surface area contributed by atoms with Crippen molar-refractivity contribution in [2.45, 2.75) is 64.7 Å².